The topological polar surface area (TPSA) is 29.3 Å². The summed E-state index contributed by atoms with van der Waals surface area (Å²) in [5, 5.41) is 0. The number of thioether (sulfide) groups is 1. The molecule has 1 aromatic rings. The maximum atomic E-state index is 5.38. The molecule has 0 saturated carbocycles. The summed E-state index contributed by atoms with van der Waals surface area (Å²) in [5.41, 5.74) is 5.38. The monoisotopic (exact) mass is 282 g/mol. The van der Waals surface area contributed by atoms with Crippen LogP contribution in [0.2, 0.25) is 0 Å². The Hall–Kier alpha value is -0.470. The van der Waals surface area contributed by atoms with Crippen LogP contribution in [0.15, 0.2) is 12.1 Å². The lowest BCUT2D eigenvalue weighted by molar-refractivity contribution is 0.250. The van der Waals surface area contributed by atoms with Crippen LogP contribution in [0.4, 0.5) is 0 Å². The van der Waals surface area contributed by atoms with Gasteiger partial charge in [-0.1, -0.05) is 18.8 Å². The van der Waals surface area contributed by atoms with Crippen LogP contribution in [0.1, 0.15) is 23.1 Å². The molecule has 18 heavy (non-hydrogen) atoms. The zero-order valence-corrected chi connectivity index (χ0v) is 13.0. The number of thiophene rings is 1. The Morgan fingerprint density at radius 3 is 2.89 bits per heavy atom. The molecule has 1 rings (SSSR count). The van der Waals surface area contributed by atoms with Gasteiger partial charge in [-0.15, -0.1) is 11.3 Å². The second-order valence-corrected chi connectivity index (χ2v) is 6.28. The average molecular weight is 282 g/mol. The number of nitrogens with two attached hydrogens (primary N) is 1. The fraction of sp³-hybridized carbons (Fsp3) is 0.571. The van der Waals surface area contributed by atoms with Crippen molar-refractivity contribution in [2.45, 2.75) is 25.9 Å². The summed E-state index contributed by atoms with van der Waals surface area (Å²) in [6, 6.07) is 4.92. The van der Waals surface area contributed by atoms with E-state index in [2.05, 4.69) is 49.1 Å². The maximum Gasteiger partial charge on any atom is 0.0772 e. The second-order valence-electron chi connectivity index (χ2n) is 4.20. The van der Waals surface area contributed by atoms with Gasteiger partial charge in [-0.3, -0.25) is 4.90 Å². The zero-order valence-electron chi connectivity index (χ0n) is 11.4. The standard InChI is InChI=1S/C14H22N2S2/c1-4-12(11-17-3)16(2)10-14-8-7-13(18-14)6-5-9-15/h7-8,12H,4,9-11,15H2,1-3H3. The lowest BCUT2D eigenvalue weighted by Gasteiger charge is -2.25. The molecule has 1 atom stereocenters. The summed E-state index contributed by atoms with van der Waals surface area (Å²) >= 11 is 3.68. The first kappa shape index (κ1) is 15.6. The Morgan fingerprint density at radius 2 is 2.28 bits per heavy atom. The highest BCUT2D eigenvalue weighted by Crippen LogP contribution is 2.19. The average Bonchev–Trinajstić information content (AvgIpc) is 2.80. The van der Waals surface area contributed by atoms with Gasteiger partial charge in [-0.2, -0.15) is 11.8 Å². The molecule has 2 N–H and O–H groups in total. The fourth-order valence-electron chi connectivity index (χ4n) is 1.79. The van der Waals surface area contributed by atoms with Crippen molar-refractivity contribution in [2.75, 3.05) is 25.6 Å². The van der Waals surface area contributed by atoms with Gasteiger partial charge in [0.1, 0.15) is 0 Å². The van der Waals surface area contributed by atoms with Crippen molar-refractivity contribution in [1.29, 1.82) is 0 Å². The summed E-state index contributed by atoms with van der Waals surface area (Å²) in [6.45, 7) is 3.69. The Bertz CT molecular complexity index is 403. The lowest BCUT2D eigenvalue weighted by atomic mass is 10.2. The fourth-order valence-corrected chi connectivity index (χ4v) is 3.61. The molecule has 0 fully saturated rings. The summed E-state index contributed by atoms with van der Waals surface area (Å²) in [4.78, 5) is 4.92. The first-order valence-corrected chi connectivity index (χ1v) is 8.39. The Morgan fingerprint density at radius 1 is 1.50 bits per heavy atom. The van der Waals surface area contributed by atoms with Crippen LogP contribution in [0, 0.1) is 11.8 Å². The third-order valence-corrected chi connectivity index (χ3v) is 4.54. The van der Waals surface area contributed by atoms with Crippen LogP contribution in [0.3, 0.4) is 0 Å². The van der Waals surface area contributed by atoms with Crippen molar-refractivity contribution in [3.63, 3.8) is 0 Å². The van der Waals surface area contributed by atoms with Crippen LogP contribution in [-0.4, -0.2) is 36.5 Å². The molecule has 0 aliphatic rings. The van der Waals surface area contributed by atoms with E-state index in [1.54, 1.807) is 11.3 Å². The maximum absolute atomic E-state index is 5.38. The molecule has 0 aliphatic heterocycles. The minimum Gasteiger partial charge on any atom is -0.320 e. The first-order chi connectivity index (χ1) is 8.71. The van der Waals surface area contributed by atoms with Crippen molar-refractivity contribution in [3.8, 4) is 11.8 Å². The molecule has 0 amide bonds. The van der Waals surface area contributed by atoms with Gasteiger partial charge in [-0.25, -0.2) is 0 Å². The second kappa shape index (κ2) is 8.60. The summed E-state index contributed by atoms with van der Waals surface area (Å²) in [6.07, 6.45) is 3.37. The third-order valence-electron chi connectivity index (χ3n) is 2.83. The van der Waals surface area contributed by atoms with E-state index in [9.17, 15) is 0 Å². The van der Waals surface area contributed by atoms with Gasteiger partial charge < -0.3 is 5.73 Å². The van der Waals surface area contributed by atoms with Crippen molar-refractivity contribution in [2.24, 2.45) is 5.73 Å². The molecule has 0 bridgehead atoms. The van der Waals surface area contributed by atoms with Crippen molar-refractivity contribution < 1.29 is 0 Å². The normalized spacial score (nSPS) is 12.3. The Kier molecular flexibility index (Phi) is 7.45. The molecular weight excluding hydrogens is 260 g/mol. The summed E-state index contributed by atoms with van der Waals surface area (Å²) in [5.74, 6) is 7.18. The van der Waals surface area contributed by atoms with Crippen molar-refractivity contribution >= 4 is 23.1 Å². The van der Waals surface area contributed by atoms with E-state index in [0.29, 0.717) is 12.6 Å². The van der Waals surface area contributed by atoms with Gasteiger partial charge in [0.15, 0.2) is 0 Å². The van der Waals surface area contributed by atoms with Gasteiger partial charge in [-0.05, 0) is 31.9 Å². The minimum absolute atomic E-state index is 0.429. The van der Waals surface area contributed by atoms with Crippen LogP contribution < -0.4 is 5.73 Å². The Labute approximate surface area is 119 Å². The third kappa shape index (κ3) is 5.03. The molecule has 4 heteroatoms. The lowest BCUT2D eigenvalue weighted by Crippen LogP contribution is -2.32. The smallest absolute Gasteiger partial charge is 0.0772 e. The molecule has 0 radical (unpaired) electrons. The first-order valence-electron chi connectivity index (χ1n) is 6.18. The molecule has 0 aromatic carbocycles. The number of hydrogen-bond acceptors (Lipinski definition) is 4. The summed E-state index contributed by atoms with van der Waals surface area (Å²) in [7, 11) is 2.20. The van der Waals surface area contributed by atoms with Crippen LogP contribution in [-0.2, 0) is 6.54 Å². The van der Waals surface area contributed by atoms with E-state index >= 15 is 0 Å². The van der Waals surface area contributed by atoms with Gasteiger partial charge >= 0.3 is 0 Å². The van der Waals surface area contributed by atoms with Gasteiger partial charge in [0.2, 0.25) is 0 Å². The van der Waals surface area contributed by atoms with Crippen LogP contribution in [0.25, 0.3) is 0 Å². The molecule has 0 aliphatic carbocycles. The largest absolute Gasteiger partial charge is 0.320 e. The molecule has 1 unspecified atom stereocenters. The predicted molar refractivity (Wildman–Crippen MR) is 84.2 cm³/mol. The highest BCUT2D eigenvalue weighted by atomic mass is 32.2. The van der Waals surface area contributed by atoms with E-state index in [0.717, 1.165) is 11.4 Å². The number of rotatable bonds is 6. The molecule has 1 heterocycles. The SMILES string of the molecule is CCC(CSC)N(C)Cc1ccc(C#CCN)s1. The quantitative estimate of drug-likeness (QED) is 0.813. The van der Waals surface area contributed by atoms with E-state index in [-0.39, 0.29) is 0 Å². The molecule has 0 spiro atoms. The van der Waals surface area contributed by atoms with E-state index in [1.165, 1.54) is 17.1 Å². The van der Waals surface area contributed by atoms with Crippen LogP contribution >= 0.6 is 23.1 Å². The van der Waals surface area contributed by atoms with Gasteiger partial charge in [0, 0.05) is 23.2 Å². The highest BCUT2D eigenvalue weighted by molar-refractivity contribution is 7.98. The summed E-state index contributed by atoms with van der Waals surface area (Å²) < 4.78 is 0. The van der Waals surface area contributed by atoms with Gasteiger partial charge in [0.25, 0.3) is 0 Å². The molecule has 2 nitrogen and oxygen atoms in total. The molecule has 1 aromatic heterocycles. The van der Waals surface area contributed by atoms with Crippen LogP contribution in [0.5, 0.6) is 0 Å². The number of hydrogen-bond donors (Lipinski definition) is 1. The minimum atomic E-state index is 0.429. The number of nitrogens with zero attached hydrogens (tertiary/aromatic N) is 1. The molecular formula is C14H22N2S2. The van der Waals surface area contributed by atoms with E-state index < -0.39 is 0 Å². The molecule has 100 valence electrons. The van der Waals surface area contributed by atoms with E-state index in [1.807, 2.05) is 11.8 Å². The van der Waals surface area contributed by atoms with E-state index in [4.69, 9.17) is 5.73 Å². The predicted octanol–water partition coefficient (Wildman–Crippen LogP) is 2.63. The zero-order chi connectivity index (χ0) is 13.4. The van der Waals surface area contributed by atoms with Crippen molar-refractivity contribution in [3.05, 3.63) is 21.9 Å². The van der Waals surface area contributed by atoms with Crippen molar-refractivity contribution in [1.82, 2.24) is 4.90 Å². The Balaban J connectivity index is 2.58. The molecule has 0 saturated heterocycles. The van der Waals surface area contributed by atoms with Gasteiger partial charge in [0.05, 0.1) is 11.4 Å². The highest BCUT2D eigenvalue weighted by Gasteiger charge is 2.13.